The van der Waals surface area contributed by atoms with E-state index in [4.69, 9.17) is 4.74 Å². The average Bonchev–Trinajstić information content (AvgIpc) is 2.79. The summed E-state index contributed by atoms with van der Waals surface area (Å²) in [6.45, 7) is 0.734. The van der Waals surface area contributed by atoms with E-state index in [1.54, 1.807) is 24.6 Å². The Bertz CT molecular complexity index is 414. The predicted molar refractivity (Wildman–Crippen MR) is 62.4 cm³/mol. The maximum Gasteiger partial charge on any atom is 0.182 e. The number of ether oxygens (including phenoxy) is 1. The number of thiazole rings is 1. The molecule has 1 aromatic heterocycles. The number of nitrogens with one attached hydrogen (secondary N) is 1. The third-order valence-electron chi connectivity index (χ3n) is 2.05. The molecule has 4 heteroatoms. The lowest BCUT2D eigenvalue weighted by Gasteiger charge is -2.08. The SMILES string of the molecule is COc1ccccc1CNc1nccs1. The van der Waals surface area contributed by atoms with Gasteiger partial charge in [0, 0.05) is 23.7 Å². The van der Waals surface area contributed by atoms with E-state index in [1.807, 2.05) is 29.6 Å². The van der Waals surface area contributed by atoms with Crippen LogP contribution in [-0.2, 0) is 6.54 Å². The zero-order chi connectivity index (χ0) is 10.5. The van der Waals surface area contributed by atoms with Crippen molar-refractivity contribution < 1.29 is 4.74 Å². The molecule has 0 atom stereocenters. The number of hydrogen-bond donors (Lipinski definition) is 1. The molecule has 0 spiro atoms. The number of rotatable bonds is 4. The quantitative estimate of drug-likeness (QED) is 0.860. The van der Waals surface area contributed by atoms with Crippen LogP contribution in [0.25, 0.3) is 0 Å². The number of methoxy groups -OCH3 is 1. The van der Waals surface area contributed by atoms with Crippen LogP contribution >= 0.6 is 11.3 Å². The maximum atomic E-state index is 5.26. The molecule has 0 fully saturated rings. The van der Waals surface area contributed by atoms with Crippen LogP contribution in [0.3, 0.4) is 0 Å². The number of benzene rings is 1. The fraction of sp³-hybridized carbons (Fsp3) is 0.182. The van der Waals surface area contributed by atoms with Crippen molar-refractivity contribution in [2.75, 3.05) is 12.4 Å². The zero-order valence-electron chi connectivity index (χ0n) is 8.43. The molecule has 0 unspecified atom stereocenters. The lowest BCUT2D eigenvalue weighted by molar-refractivity contribution is 0.410. The van der Waals surface area contributed by atoms with Crippen molar-refractivity contribution in [1.82, 2.24) is 4.98 Å². The molecule has 1 N–H and O–H groups in total. The van der Waals surface area contributed by atoms with Gasteiger partial charge >= 0.3 is 0 Å². The zero-order valence-corrected chi connectivity index (χ0v) is 9.25. The third-order valence-corrected chi connectivity index (χ3v) is 2.79. The lowest BCUT2D eigenvalue weighted by atomic mass is 10.2. The first kappa shape index (κ1) is 9.98. The van der Waals surface area contributed by atoms with Gasteiger partial charge < -0.3 is 10.1 Å². The number of aromatic nitrogens is 1. The summed E-state index contributed by atoms with van der Waals surface area (Å²) in [6.07, 6.45) is 1.79. The minimum Gasteiger partial charge on any atom is -0.496 e. The van der Waals surface area contributed by atoms with E-state index in [0.29, 0.717) is 0 Å². The Balaban J connectivity index is 2.04. The second-order valence-corrected chi connectivity index (χ2v) is 3.90. The first-order chi connectivity index (χ1) is 7.40. The summed E-state index contributed by atoms with van der Waals surface area (Å²) in [7, 11) is 1.68. The van der Waals surface area contributed by atoms with Gasteiger partial charge in [0.15, 0.2) is 5.13 Å². The Morgan fingerprint density at radius 1 is 1.40 bits per heavy atom. The van der Waals surface area contributed by atoms with Crippen molar-refractivity contribution in [3.8, 4) is 5.75 Å². The van der Waals surface area contributed by atoms with Gasteiger partial charge in [-0.25, -0.2) is 4.98 Å². The molecule has 0 aliphatic carbocycles. The molecule has 0 saturated heterocycles. The Hall–Kier alpha value is -1.55. The van der Waals surface area contributed by atoms with Crippen molar-refractivity contribution in [1.29, 1.82) is 0 Å². The van der Waals surface area contributed by atoms with Crippen LogP contribution < -0.4 is 10.1 Å². The summed E-state index contributed by atoms with van der Waals surface area (Å²) in [4.78, 5) is 4.15. The topological polar surface area (TPSA) is 34.1 Å². The fourth-order valence-electron chi connectivity index (χ4n) is 1.33. The van der Waals surface area contributed by atoms with E-state index < -0.39 is 0 Å². The van der Waals surface area contributed by atoms with E-state index in [-0.39, 0.29) is 0 Å². The van der Waals surface area contributed by atoms with Crippen LogP contribution in [0.15, 0.2) is 35.8 Å². The number of anilines is 1. The summed E-state index contributed by atoms with van der Waals surface area (Å²) >= 11 is 1.59. The highest BCUT2D eigenvalue weighted by Gasteiger charge is 2.01. The molecule has 2 rings (SSSR count). The van der Waals surface area contributed by atoms with E-state index in [1.165, 1.54) is 0 Å². The van der Waals surface area contributed by atoms with Crippen molar-refractivity contribution in [3.63, 3.8) is 0 Å². The molecule has 0 amide bonds. The lowest BCUT2D eigenvalue weighted by Crippen LogP contribution is -2.00. The fourth-order valence-corrected chi connectivity index (χ4v) is 1.86. The van der Waals surface area contributed by atoms with Crippen molar-refractivity contribution in [2.45, 2.75) is 6.54 Å². The first-order valence-corrected chi connectivity index (χ1v) is 5.53. The van der Waals surface area contributed by atoms with Gasteiger partial charge in [0.05, 0.1) is 7.11 Å². The van der Waals surface area contributed by atoms with Gasteiger partial charge in [0.2, 0.25) is 0 Å². The highest BCUT2D eigenvalue weighted by atomic mass is 32.1. The monoisotopic (exact) mass is 220 g/mol. The van der Waals surface area contributed by atoms with Crippen LogP contribution in [0.5, 0.6) is 5.75 Å². The Kier molecular flexibility index (Phi) is 3.19. The van der Waals surface area contributed by atoms with Crippen LogP contribution in [-0.4, -0.2) is 12.1 Å². The molecule has 1 aromatic carbocycles. The van der Waals surface area contributed by atoms with E-state index in [0.717, 1.165) is 23.0 Å². The van der Waals surface area contributed by atoms with E-state index >= 15 is 0 Å². The van der Waals surface area contributed by atoms with Gasteiger partial charge in [-0.2, -0.15) is 0 Å². The second-order valence-electron chi connectivity index (χ2n) is 3.00. The van der Waals surface area contributed by atoms with Gasteiger partial charge in [-0.3, -0.25) is 0 Å². The van der Waals surface area contributed by atoms with E-state index in [2.05, 4.69) is 10.3 Å². The number of para-hydroxylation sites is 1. The molecule has 78 valence electrons. The summed E-state index contributed by atoms with van der Waals surface area (Å²) in [5.41, 5.74) is 1.13. The smallest absolute Gasteiger partial charge is 0.182 e. The van der Waals surface area contributed by atoms with Gasteiger partial charge in [-0.15, -0.1) is 11.3 Å². The van der Waals surface area contributed by atoms with Gasteiger partial charge in [-0.05, 0) is 6.07 Å². The molecule has 0 aliphatic rings. The standard InChI is InChI=1S/C11H12N2OS/c1-14-10-5-3-2-4-9(10)8-13-11-12-6-7-15-11/h2-7H,8H2,1H3,(H,12,13). The summed E-state index contributed by atoms with van der Waals surface area (Å²) in [6, 6.07) is 7.96. The largest absolute Gasteiger partial charge is 0.496 e. The van der Waals surface area contributed by atoms with Gasteiger partial charge in [0.1, 0.15) is 5.75 Å². The van der Waals surface area contributed by atoms with E-state index in [9.17, 15) is 0 Å². The molecule has 0 radical (unpaired) electrons. The third kappa shape index (κ3) is 2.47. The molecule has 2 aromatic rings. The summed E-state index contributed by atoms with van der Waals surface area (Å²) in [5.74, 6) is 0.904. The Morgan fingerprint density at radius 3 is 3.00 bits per heavy atom. The molecule has 3 nitrogen and oxygen atoms in total. The minimum absolute atomic E-state index is 0.734. The molecule has 0 saturated carbocycles. The summed E-state index contributed by atoms with van der Waals surface area (Å²) < 4.78 is 5.26. The Labute approximate surface area is 92.7 Å². The average molecular weight is 220 g/mol. The van der Waals surface area contributed by atoms with Crippen LogP contribution in [0.1, 0.15) is 5.56 Å². The van der Waals surface area contributed by atoms with Gasteiger partial charge in [-0.1, -0.05) is 18.2 Å². The highest BCUT2D eigenvalue weighted by Crippen LogP contribution is 2.19. The second kappa shape index (κ2) is 4.79. The first-order valence-electron chi connectivity index (χ1n) is 4.65. The summed E-state index contributed by atoms with van der Waals surface area (Å²) in [5, 5.41) is 6.12. The Morgan fingerprint density at radius 2 is 2.27 bits per heavy atom. The van der Waals surface area contributed by atoms with Crippen LogP contribution in [0.4, 0.5) is 5.13 Å². The molecular formula is C11H12N2OS. The minimum atomic E-state index is 0.734. The molecule has 1 heterocycles. The molecule has 15 heavy (non-hydrogen) atoms. The maximum absolute atomic E-state index is 5.26. The van der Waals surface area contributed by atoms with Crippen molar-refractivity contribution in [3.05, 3.63) is 41.4 Å². The van der Waals surface area contributed by atoms with Crippen LogP contribution in [0.2, 0.25) is 0 Å². The van der Waals surface area contributed by atoms with Crippen LogP contribution in [0, 0.1) is 0 Å². The molecule has 0 aliphatic heterocycles. The molecule has 0 bridgehead atoms. The number of nitrogens with zero attached hydrogens (tertiary/aromatic N) is 1. The highest BCUT2D eigenvalue weighted by molar-refractivity contribution is 7.13. The predicted octanol–water partition coefficient (Wildman–Crippen LogP) is 2.76. The normalized spacial score (nSPS) is 9.93. The molecular weight excluding hydrogens is 208 g/mol. The van der Waals surface area contributed by atoms with Crippen molar-refractivity contribution in [2.24, 2.45) is 0 Å². The van der Waals surface area contributed by atoms with Gasteiger partial charge in [0.25, 0.3) is 0 Å². The van der Waals surface area contributed by atoms with Crippen molar-refractivity contribution >= 4 is 16.5 Å². The number of hydrogen-bond acceptors (Lipinski definition) is 4.